The van der Waals surface area contributed by atoms with Crippen molar-refractivity contribution in [1.29, 1.82) is 0 Å². The number of benzene rings is 2. The summed E-state index contributed by atoms with van der Waals surface area (Å²) < 4.78 is 0. The van der Waals surface area contributed by atoms with E-state index in [1.807, 2.05) is 0 Å². The van der Waals surface area contributed by atoms with Gasteiger partial charge in [0, 0.05) is 0 Å². The number of rotatable bonds is 8. The summed E-state index contributed by atoms with van der Waals surface area (Å²) in [5, 5.41) is 0. The van der Waals surface area contributed by atoms with Crippen molar-refractivity contribution in [3.63, 3.8) is 0 Å². The fourth-order valence-electron chi connectivity index (χ4n) is 5.72. The zero-order valence-electron chi connectivity index (χ0n) is 20.1. The third-order valence-corrected chi connectivity index (χ3v) is 8.07. The third kappa shape index (κ3) is 6.25. The molecule has 2 aromatic rings. The van der Waals surface area contributed by atoms with E-state index in [-0.39, 0.29) is 0 Å². The lowest BCUT2D eigenvalue weighted by molar-refractivity contribution is 0.349. The van der Waals surface area contributed by atoms with Crippen LogP contribution in [0.4, 0.5) is 0 Å². The molecule has 2 aliphatic carbocycles. The molecule has 0 unspecified atom stereocenters. The highest BCUT2D eigenvalue weighted by Crippen LogP contribution is 2.38. The predicted molar refractivity (Wildman–Crippen MR) is 140 cm³/mol. The molecule has 0 radical (unpaired) electrons. The SMILES string of the molecule is C=C[C@H]1CC[C@H](/C=C/C2CCC(c3ccc(-c4ccc(CCCC)cc4)cc3)CC2)CC1. The van der Waals surface area contributed by atoms with Crippen molar-refractivity contribution in [2.24, 2.45) is 17.8 Å². The fraction of sp³-hybridized carbons (Fsp3) is 0.500. The number of unbranched alkanes of at least 4 members (excludes halogenated alkanes) is 1. The molecule has 4 rings (SSSR count). The van der Waals surface area contributed by atoms with Gasteiger partial charge in [0.1, 0.15) is 0 Å². The van der Waals surface area contributed by atoms with Crippen molar-refractivity contribution in [3.8, 4) is 11.1 Å². The molecule has 0 spiro atoms. The molecular formula is C32H42. The quantitative estimate of drug-likeness (QED) is 0.369. The van der Waals surface area contributed by atoms with Gasteiger partial charge in [0.25, 0.3) is 0 Å². The molecule has 0 saturated heterocycles. The second kappa shape index (κ2) is 11.7. The lowest BCUT2D eigenvalue weighted by atomic mass is 9.77. The lowest BCUT2D eigenvalue weighted by Crippen LogP contribution is -2.13. The van der Waals surface area contributed by atoms with E-state index in [2.05, 4.69) is 80.3 Å². The Bertz CT molecular complexity index is 838. The average molecular weight is 427 g/mol. The Morgan fingerprint density at radius 3 is 1.72 bits per heavy atom. The van der Waals surface area contributed by atoms with Crippen molar-refractivity contribution in [2.75, 3.05) is 0 Å². The van der Waals surface area contributed by atoms with Crippen molar-refractivity contribution in [2.45, 2.75) is 83.5 Å². The van der Waals surface area contributed by atoms with Crippen LogP contribution in [0.15, 0.2) is 73.3 Å². The minimum atomic E-state index is 0.744. The van der Waals surface area contributed by atoms with Gasteiger partial charge in [-0.15, -0.1) is 6.58 Å². The van der Waals surface area contributed by atoms with Gasteiger partial charge in [-0.1, -0.05) is 80.1 Å². The Morgan fingerprint density at radius 2 is 1.19 bits per heavy atom. The highest BCUT2D eigenvalue weighted by molar-refractivity contribution is 5.64. The van der Waals surface area contributed by atoms with Crippen LogP contribution in [0, 0.1) is 17.8 Å². The van der Waals surface area contributed by atoms with E-state index in [4.69, 9.17) is 0 Å². The molecule has 2 fully saturated rings. The van der Waals surface area contributed by atoms with Crippen LogP contribution in [0.5, 0.6) is 0 Å². The summed E-state index contributed by atoms with van der Waals surface area (Å²) >= 11 is 0. The summed E-state index contributed by atoms with van der Waals surface area (Å²) in [7, 11) is 0. The largest absolute Gasteiger partial charge is 0.103 e. The molecule has 2 aliphatic rings. The van der Waals surface area contributed by atoms with Crippen molar-refractivity contribution < 1.29 is 0 Å². The van der Waals surface area contributed by atoms with Crippen LogP contribution >= 0.6 is 0 Å². The van der Waals surface area contributed by atoms with Gasteiger partial charge in [0.15, 0.2) is 0 Å². The lowest BCUT2D eigenvalue weighted by Gasteiger charge is -2.28. The van der Waals surface area contributed by atoms with E-state index in [9.17, 15) is 0 Å². The van der Waals surface area contributed by atoms with E-state index in [1.54, 1.807) is 5.56 Å². The first kappa shape index (κ1) is 23.1. The van der Waals surface area contributed by atoms with Gasteiger partial charge in [-0.25, -0.2) is 0 Å². The summed E-state index contributed by atoms with van der Waals surface area (Å²) in [6, 6.07) is 18.6. The molecule has 0 aromatic heterocycles. The molecule has 0 heterocycles. The Morgan fingerprint density at radius 1 is 0.688 bits per heavy atom. The molecule has 170 valence electrons. The van der Waals surface area contributed by atoms with E-state index in [0.29, 0.717) is 0 Å². The van der Waals surface area contributed by atoms with Crippen LogP contribution in [0.3, 0.4) is 0 Å². The van der Waals surface area contributed by atoms with Crippen LogP contribution in [0.25, 0.3) is 11.1 Å². The van der Waals surface area contributed by atoms with Crippen LogP contribution < -0.4 is 0 Å². The van der Waals surface area contributed by atoms with Crippen molar-refractivity contribution in [1.82, 2.24) is 0 Å². The molecule has 0 bridgehead atoms. The monoisotopic (exact) mass is 426 g/mol. The average Bonchev–Trinajstić information content (AvgIpc) is 2.87. The number of hydrogen-bond acceptors (Lipinski definition) is 0. The Balaban J connectivity index is 1.26. The fourth-order valence-corrected chi connectivity index (χ4v) is 5.72. The summed E-state index contributed by atoms with van der Waals surface area (Å²) in [6.07, 6.45) is 21.8. The molecule has 0 N–H and O–H groups in total. The molecule has 2 saturated carbocycles. The first-order chi connectivity index (χ1) is 15.7. The molecule has 0 heteroatoms. The predicted octanol–water partition coefficient (Wildman–Crippen LogP) is 9.52. The van der Waals surface area contributed by atoms with Crippen LogP contribution in [-0.4, -0.2) is 0 Å². The molecule has 32 heavy (non-hydrogen) atoms. The van der Waals surface area contributed by atoms with Gasteiger partial charge < -0.3 is 0 Å². The highest BCUT2D eigenvalue weighted by atomic mass is 14.3. The summed E-state index contributed by atoms with van der Waals surface area (Å²) in [5.74, 6) is 3.13. The topological polar surface area (TPSA) is 0 Å². The van der Waals surface area contributed by atoms with Gasteiger partial charge in [-0.3, -0.25) is 0 Å². The molecule has 0 aliphatic heterocycles. The maximum Gasteiger partial charge on any atom is -0.0162 e. The van der Waals surface area contributed by atoms with E-state index in [0.717, 1.165) is 23.7 Å². The van der Waals surface area contributed by atoms with Gasteiger partial charge in [0.2, 0.25) is 0 Å². The molecule has 0 amide bonds. The van der Waals surface area contributed by atoms with Crippen molar-refractivity contribution in [3.05, 3.63) is 84.5 Å². The summed E-state index contributed by atoms with van der Waals surface area (Å²) in [4.78, 5) is 0. The Kier molecular flexibility index (Phi) is 8.43. The minimum Gasteiger partial charge on any atom is -0.103 e. The number of hydrogen-bond donors (Lipinski definition) is 0. The first-order valence-electron chi connectivity index (χ1n) is 13.2. The minimum absolute atomic E-state index is 0.744. The van der Waals surface area contributed by atoms with Crippen LogP contribution in [0.2, 0.25) is 0 Å². The molecule has 2 aromatic carbocycles. The smallest absolute Gasteiger partial charge is 0.0162 e. The van der Waals surface area contributed by atoms with E-state index < -0.39 is 0 Å². The van der Waals surface area contributed by atoms with E-state index in [1.165, 1.54) is 87.3 Å². The highest BCUT2D eigenvalue weighted by Gasteiger charge is 2.22. The van der Waals surface area contributed by atoms with Gasteiger partial charge in [0.05, 0.1) is 0 Å². The normalized spacial score (nSPS) is 26.3. The standard InChI is InChI=1S/C32H42/c1-3-5-6-26-13-17-29(18-14-26)31-21-23-32(24-22-31)30-19-15-28(16-20-30)12-11-27-9-7-25(4-2)8-10-27/h4,11-14,17-18,21-25,27-28,30H,2-3,5-10,15-16,19-20H2,1H3/b12-11+/t25-,27-,28?,30?. The number of allylic oxidation sites excluding steroid dienone is 3. The van der Waals surface area contributed by atoms with Crippen molar-refractivity contribution >= 4 is 0 Å². The third-order valence-electron chi connectivity index (χ3n) is 8.07. The molecular weight excluding hydrogens is 384 g/mol. The summed E-state index contributed by atoms with van der Waals surface area (Å²) in [5.41, 5.74) is 5.69. The van der Waals surface area contributed by atoms with Gasteiger partial charge in [-0.2, -0.15) is 0 Å². The second-order valence-electron chi connectivity index (χ2n) is 10.3. The zero-order chi connectivity index (χ0) is 22.2. The molecule has 0 atom stereocenters. The maximum absolute atomic E-state index is 3.97. The van der Waals surface area contributed by atoms with Gasteiger partial charge >= 0.3 is 0 Å². The Labute approximate surface area is 196 Å². The second-order valence-corrected chi connectivity index (χ2v) is 10.3. The van der Waals surface area contributed by atoms with E-state index >= 15 is 0 Å². The summed E-state index contributed by atoms with van der Waals surface area (Å²) in [6.45, 7) is 6.23. The number of aryl methyl sites for hydroxylation is 1. The zero-order valence-corrected chi connectivity index (χ0v) is 20.1. The molecule has 0 nitrogen and oxygen atoms in total. The van der Waals surface area contributed by atoms with Crippen LogP contribution in [-0.2, 0) is 6.42 Å². The maximum atomic E-state index is 3.97. The van der Waals surface area contributed by atoms with Crippen LogP contribution in [0.1, 0.15) is 88.2 Å². The van der Waals surface area contributed by atoms with Gasteiger partial charge in [-0.05, 0) is 110 Å². The Hall–Kier alpha value is -2.08. The first-order valence-corrected chi connectivity index (χ1v) is 13.2.